The van der Waals surface area contributed by atoms with Gasteiger partial charge in [-0.25, -0.2) is 0 Å². The van der Waals surface area contributed by atoms with Crippen LogP contribution >= 0.6 is 0 Å². The Balaban J connectivity index is 2.07. The average Bonchev–Trinajstić information content (AvgIpc) is 2.03. The normalized spacial score (nSPS) is 26.2. The molecule has 0 N–H and O–H groups in total. The van der Waals surface area contributed by atoms with Gasteiger partial charge in [0.05, 0.1) is 6.61 Å². The van der Waals surface area contributed by atoms with Crippen molar-refractivity contribution in [1.29, 1.82) is 0 Å². The van der Waals surface area contributed by atoms with Crippen LogP contribution in [0.4, 0.5) is 0 Å². The summed E-state index contributed by atoms with van der Waals surface area (Å²) >= 11 is 0. The van der Waals surface area contributed by atoms with Crippen LogP contribution in [0.5, 0.6) is 0 Å². The topological polar surface area (TPSA) is 18.5 Å². The van der Waals surface area contributed by atoms with E-state index in [1.165, 1.54) is 12.8 Å². The van der Waals surface area contributed by atoms with E-state index >= 15 is 0 Å². The summed E-state index contributed by atoms with van der Waals surface area (Å²) in [6.07, 6.45) is 5.22. The molecule has 0 radical (unpaired) electrons. The highest BCUT2D eigenvalue weighted by atomic mass is 16.7. The molecule has 0 aromatic carbocycles. The lowest BCUT2D eigenvalue weighted by atomic mass is 10.2. The Morgan fingerprint density at radius 3 is 3.10 bits per heavy atom. The Hall–Kier alpha value is -0.340. The molecule has 1 atom stereocenters. The maximum Gasteiger partial charge on any atom is 0.157 e. The minimum atomic E-state index is 0.0340. The van der Waals surface area contributed by atoms with Crippen molar-refractivity contribution < 1.29 is 9.47 Å². The standard InChI is InChI=1S/C8H14O2/c1-2-6-9-8-5-3-4-7-10-8/h2,8H,1,3-7H2. The molecule has 58 valence electrons. The second-order valence-electron chi connectivity index (χ2n) is 2.42. The first-order valence-electron chi connectivity index (χ1n) is 3.77. The summed E-state index contributed by atoms with van der Waals surface area (Å²) < 4.78 is 10.6. The van der Waals surface area contributed by atoms with Crippen LogP contribution in [-0.2, 0) is 9.47 Å². The Kier molecular flexibility index (Phi) is 3.47. The molecule has 1 rings (SSSR count). The molecule has 1 aliphatic heterocycles. The number of hydrogen-bond acceptors (Lipinski definition) is 2. The SMILES string of the molecule is C=CCOC1CCCCO1. The van der Waals surface area contributed by atoms with Crippen molar-refractivity contribution in [2.75, 3.05) is 13.2 Å². The van der Waals surface area contributed by atoms with E-state index in [2.05, 4.69) is 6.58 Å². The predicted molar refractivity (Wildman–Crippen MR) is 39.7 cm³/mol. The monoisotopic (exact) mass is 142 g/mol. The van der Waals surface area contributed by atoms with E-state index in [9.17, 15) is 0 Å². The third-order valence-electron chi connectivity index (χ3n) is 1.54. The second kappa shape index (κ2) is 4.47. The van der Waals surface area contributed by atoms with E-state index in [0.29, 0.717) is 6.61 Å². The highest BCUT2D eigenvalue weighted by molar-refractivity contribution is 4.65. The summed E-state index contributed by atoms with van der Waals surface area (Å²) in [5.74, 6) is 0. The molecule has 0 aromatic rings. The van der Waals surface area contributed by atoms with E-state index < -0.39 is 0 Å². The Labute approximate surface area is 61.8 Å². The fraction of sp³-hybridized carbons (Fsp3) is 0.750. The molecule has 1 unspecified atom stereocenters. The van der Waals surface area contributed by atoms with Crippen LogP contribution < -0.4 is 0 Å². The highest BCUT2D eigenvalue weighted by Gasteiger charge is 2.12. The zero-order valence-electron chi connectivity index (χ0n) is 6.21. The van der Waals surface area contributed by atoms with Gasteiger partial charge in [0.2, 0.25) is 0 Å². The minimum Gasteiger partial charge on any atom is -0.353 e. The molecule has 0 aromatic heterocycles. The zero-order valence-corrected chi connectivity index (χ0v) is 6.21. The van der Waals surface area contributed by atoms with Crippen molar-refractivity contribution in [3.8, 4) is 0 Å². The third-order valence-corrected chi connectivity index (χ3v) is 1.54. The molecule has 0 saturated carbocycles. The van der Waals surface area contributed by atoms with Crippen molar-refractivity contribution in [1.82, 2.24) is 0 Å². The van der Waals surface area contributed by atoms with Gasteiger partial charge in [0.1, 0.15) is 0 Å². The summed E-state index contributed by atoms with van der Waals surface area (Å²) in [6, 6.07) is 0. The van der Waals surface area contributed by atoms with Crippen molar-refractivity contribution >= 4 is 0 Å². The molecule has 1 saturated heterocycles. The Morgan fingerprint density at radius 1 is 1.60 bits per heavy atom. The maximum atomic E-state index is 5.31. The van der Waals surface area contributed by atoms with Gasteiger partial charge in [-0.3, -0.25) is 0 Å². The first-order chi connectivity index (χ1) is 4.93. The first kappa shape index (κ1) is 7.76. The van der Waals surface area contributed by atoms with E-state index in [1.54, 1.807) is 6.08 Å². The third kappa shape index (κ3) is 2.50. The number of rotatable bonds is 3. The quantitative estimate of drug-likeness (QED) is 0.558. The van der Waals surface area contributed by atoms with Crippen LogP contribution in [0.1, 0.15) is 19.3 Å². The van der Waals surface area contributed by atoms with Gasteiger partial charge in [-0.1, -0.05) is 6.08 Å². The Morgan fingerprint density at radius 2 is 2.50 bits per heavy atom. The fourth-order valence-electron chi connectivity index (χ4n) is 1.02. The number of hydrogen-bond donors (Lipinski definition) is 0. The molecule has 1 fully saturated rings. The molecule has 10 heavy (non-hydrogen) atoms. The van der Waals surface area contributed by atoms with Crippen LogP contribution in [0, 0.1) is 0 Å². The lowest BCUT2D eigenvalue weighted by Gasteiger charge is -2.21. The minimum absolute atomic E-state index is 0.0340. The van der Waals surface area contributed by atoms with E-state index in [0.717, 1.165) is 13.0 Å². The predicted octanol–water partition coefficient (Wildman–Crippen LogP) is 1.72. The molecular formula is C8H14O2. The molecule has 1 aliphatic rings. The van der Waals surface area contributed by atoms with E-state index in [1.807, 2.05) is 0 Å². The van der Waals surface area contributed by atoms with Gasteiger partial charge in [-0.05, 0) is 19.3 Å². The van der Waals surface area contributed by atoms with Gasteiger partial charge >= 0.3 is 0 Å². The smallest absolute Gasteiger partial charge is 0.157 e. The molecule has 0 bridgehead atoms. The van der Waals surface area contributed by atoms with Gasteiger partial charge in [-0.15, -0.1) is 6.58 Å². The van der Waals surface area contributed by atoms with Crippen molar-refractivity contribution in [2.24, 2.45) is 0 Å². The maximum absolute atomic E-state index is 5.31. The van der Waals surface area contributed by atoms with Crippen molar-refractivity contribution in [3.63, 3.8) is 0 Å². The molecule has 2 nitrogen and oxygen atoms in total. The summed E-state index contributed by atoms with van der Waals surface area (Å²) in [4.78, 5) is 0. The summed E-state index contributed by atoms with van der Waals surface area (Å²) in [5.41, 5.74) is 0. The highest BCUT2D eigenvalue weighted by Crippen LogP contribution is 2.13. The van der Waals surface area contributed by atoms with Crippen LogP contribution in [0.15, 0.2) is 12.7 Å². The van der Waals surface area contributed by atoms with Gasteiger partial charge in [0.15, 0.2) is 6.29 Å². The van der Waals surface area contributed by atoms with Gasteiger partial charge in [0.25, 0.3) is 0 Å². The largest absolute Gasteiger partial charge is 0.353 e. The van der Waals surface area contributed by atoms with Crippen molar-refractivity contribution in [2.45, 2.75) is 25.6 Å². The molecular weight excluding hydrogens is 128 g/mol. The first-order valence-corrected chi connectivity index (χ1v) is 3.77. The lowest BCUT2D eigenvalue weighted by Crippen LogP contribution is -2.22. The van der Waals surface area contributed by atoms with Crippen LogP contribution in [0.2, 0.25) is 0 Å². The molecule has 2 heteroatoms. The van der Waals surface area contributed by atoms with Crippen LogP contribution in [0.25, 0.3) is 0 Å². The molecule has 0 spiro atoms. The number of ether oxygens (including phenoxy) is 2. The van der Waals surface area contributed by atoms with Crippen molar-refractivity contribution in [3.05, 3.63) is 12.7 Å². The van der Waals surface area contributed by atoms with E-state index in [-0.39, 0.29) is 6.29 Å². The Bertz CT molecular complexity index is 95.4. The summed E-state index contributed by atoms with van der Waals surface area (Å²) in [5, 5.41) is 0. The van der Waals surface area contributed by atoms with Crippen LogP contribution in [0.3, 0.4) is 0 Å². The molecule has 0 aliphatic carbocycles. The zero-order chi connectivity index (χ0) is 7.23. The molecule has 0 amide bonds. The van der Waals surface area contributed by atoms with Crippen LogP contribution in [-0.4, -0.2) is 19.5 Å². The second-order valence-corrected chi connectivity index (χ2v) is 2.42. The fourth-order valence-corrected chi connectivity index (χ4v) is 1.02. The van der Waals surface area contributed by atoms with Gasteiger partial charge in [-0.2, -0.15) is 0 Å². The van der Waals surface area contributed by atoms with E-state index in [4.69, 9.17) is 9.47 Å². The van der Waals surface area contributed by atoms with Gasteiger partial charge in [0, 0.05) is 6.61 Å². The molecule has 1 heterocycles. The average molecular weight is 142 g/mol. The summed E-state index contributed by atoms with van der Waals surface area (Å²) in [6.45, 7) is 5.02. The summed E-state index contributed by atoms with van der Waals surface area (Å²) in [7, 11) is 0. The lowest BCUT2D eigenvalue weighted by molar-refractivity contribution is -0.155. The van der Waals surface area contributed by atoms with Gasteiger partial charge < -0.3 is 9.47 Å².